The number of guanidine groups is 1. The molecule has 1 heterocycles. The van der Waals surface area contributed by atoms with Gasteiger partial charge in [-0.25, -0.2) is 4.99 Å². The molecule has 1 aliphatic rings. The topological polar surface area (TPSA) is 58.1 Å². The third-order valence-electron chi connectivity index (χ3n) is 5.05. The summed E-state index contributed by atoms with van der Waals surface area (Å²) in [6.07, 6.45) is 0.874. The second-order valence-corrected chi connectivity index (χ2v) is 7.37. The molecular weight excluding hydrogens is 402 g/mol. The molecule has 1 saturated heterocycles. The van der Waals surface area contributed by atoms with Crippen molar-refractivity contribution in [3.8, 4) is 5.75 Å². The van der Waals surface area contributed by atoms with Crippen molar-refractivity contribution in [2.45, 2.75) is 39.1 Å². The Labute approximate surface area is 182 Å². The van der Waals surface area contributed by atoms with Crippen molar-refractivity contribution in [1.29, 1.82) is 0 Å². The van der Waals surface area contributed by atoms with Crippen molar-refractivity contribution in [3.63, 3.8) is 0 Å². The van der Waals surface area contributed by atoms with Crippen LogP contribution in [0.2, 0.25) is 0 Å². The van der Waals surface area contributed by atoms with Crippen molar-refractivity contribution in [1.82, 2.24) is 10.6 Å². The molecule has 2 aromatic rings. The van der Waals surface area contributed by atoms with E-state index in [0.717, 1.165) is 36.6 Å². The molecule has 8 heteroatoms. The van der Waals surface area contributed by atoms with Gasteiger partial charge in [0.2, 0.25) is 0 Å². The van der Waals surface area contributed by atoms with Gasteiger partial charge in [0.1, 0.15) is 5.75 Å². The Kier molecular flexibility index (Phi) is 8.46. The molecule has 0 bridgehead atoms. The number of rotatable bonds is 9. The van der Waals surface area contributed by atoms with E-state index < -0.39 is 6.61 Å². The van der Waals surface area contributed by atoms with Crippen molar-refractivity contribution < 1.29 is 18.3 Å². The maximum Gasteiger partial charge on any atom is 0.387 e. The predicted octanol–water partition coefficient (Wildman–Crippen LogP) is 3.77. The molecule has 0 aliphatic carbocycles. The molecule has 0 saturated carbocycles. The monoisotopic (exact) mass is 432 g/mol. The number of hydrogen-bond acceptors (Lipinski definition) is 4. The summed E-state index contributed by atoms with van der Waals surface area (Å²) in [7, 11) is 1.68. The summed E-state index contributed by atoms with van der Waals surface area (Å²) >= 11 is 0. The van der Waals surface area contributed by atoms with Crippen LogP contribution in [0.25, 0.3) is 0 Å². The molecule has 1 fully saturated rings. The second kappa shape index (κ2) is 11.5. The fourth-order valence-electron chi connectivity index (χ4n) is 3.60. The van der Waals surface area contributed by atoms with E-state index in [1.54, 1.807) is 19.2 Å². The second-order valence-electron chi connectivity index (χ2n) is 7.37. The molecule has 0 spiro atoms. The van der Waals surface area contributed by atoms with Crippen molar-refractivity contribution >= 4 is 11.6 Å². The third-order valence-corrected chi connectivity index (χ3v) is 5.05. The fourth-order valence-corrected chi connectivity index (χ4v) is 3.60. The van der Waals surface area contributed by atoms with Crippen molar-refractivity contribution in [3.05, 3.63) is 59.7 Å². The standard InChI is InChI=1S/C23H30F2N4O2/c1-3-26-23(27-14-17-8-10-18(11-9-17)16-30-2)28-19-12-13-29(15-19)20-6-4-5-7-21(20)31-22(24)25/h4-11,19,22H,3,12-16H2,1-2H3,(H2,26,27,28). The minimum atomic E-state index is -2.84. The van der Waals surface area contributed by atoms with Gasteiger partial charge in [-0.2, -0.15) is 8.78 Å². The quantitative estimate of drug-likeness (QED) is 0.467. The van der Waals surface area contributed by atoms with Crippen LogP contribution in [-0.4, -0.2) is 45.4 Å². The highest BCUT2D eigenvalue weighted by atomic mass is 19.3. The zero-order chi connectivity index (χ0) is 22.1. The van der Waals surface area contributed by atoms with E-state index in [4.69, 9.17) is 9.73 Å². The van der Waals surface area contributed by atoms with Crippen molar-refractivity contribution in [2.24, 2.45) is 4.99 Å². The van der Waals surface area contributed by atoms with Crippen LogP contribution in [0.5, 0.6) is 5.75 Å². The number of ether oxygens (including phenoxy) is 2. The Morgan fingerprint density at radius 2 is 1.90 bits per heavy atom. The minimum Gasteiger partial charge on any atom is -0.433 e. The van der Waals surface area contributed by atoms with E-state index in [0.29, 0.717) is 25.4 Å². The lowest BCUT2D eigenvalue weighted by Crippen LogP contribution is -2.44. The van der Waals surface area contributed by atoms with E-state index in [2.05, 4.69) is 32.4 Å². The lowest BCUT2D eigenvalue weighted by Gasteiger charge is -2.22. The van der Waals surface area contributed by atoms with Crippen LogP contribution in [0.4, 0.5) is 14.5 Å². The van der Waals surface area contributed by atoms with Gasteiger partial charge in [0.25, 0.3) is 0 Å². The number of para-hydroxylation sites is 2. The molecule has 0 radical (unpaired) electrons. The van der Waals surface area contributed by atoms with Crippen LogP contribution in [0.15, 0.2) is 53.5 Å². The van der Waals surface area contributed by atoms with E-state index in [1.807, 2.05) is 31.2 Å². The minimum absolute atomic E-state index is 0.154. The van der Waals surface area contributed by atoms with E-state index in [1.165, 1.54) is 0 Å². The molecule has 1 aliphatic heterocycles. The van der Waals surface area contributed by atoms with Gasteiger partial charge in [-0.15, -0.1) is 0 Å². The highest BCUT2D eigenvalue weighted by molar-refractivity contribution is 5.80. The Morgan fingerprint density at radius 1 is 1.16 bits per heavy atom. The Bertz CT molecular complexity index is 846. The summed E-state index contributed by atoms with van der Waals surface area (Å²) in [6.45, 7) is 2.52. The number of nitrogens with one attached hydrogen (secondary N) is 2. The third kappa shape index (κ3) is 6.82. The maximum atomic E-state index is 12.7. The van der Waals surface area contributed by atoms with Crippen molar-refractivity contribution in [2.75, 3.05) is 31.6 Å². The summed E-state index contributed by atoms with van der Waals surface area (Å²) < 4.78 is 35.3. The average Bonchev–Trinajstić information content (AvgIpc) is 3.22. The molecule has 1 unspecified atom stereocenters. The molecule has 2 N–H and O–H groups in total. The molecule has 1 atom stereocenters. The van der Waals surface area contributed by atoms with Gasteiger partial charge in [0, 0.05) is 32.8 Å². The number of aliphatic imine (C=N–C) groups is 1. The predicted molar refractivity (Wildman–Crippen MR) is 119 cm³/mol. The zero-order valence-corrected chi connectivity index (χ0v) is 18.0. The summed E-state index contributed by atoms with van der Waals surface area (Å²) in [5, 5.41) is 6.75. The summed E-state index contributed by atoms with van der Waals surface area (Å²) in [5.41, 5.74) is 2.93. The van der Waals surface area contributed by atoms with E-state index >= 15 is 0 Å². The van der Waals surface area contributed by atoms with Gasteiger partial charge >= 0.3 is 6.61 Å². The molecule has 3 rings (SSSR count). The van der Waals surface area contributed by atoms with Gasteiger partial charge in [-0.3, -0.25) is 0 Å². The lowest BCUT2D eigenvalue weighted by atomic mass is 10.1. The molecule has 0 amide bonds. The van der Waals surface area contributed by atoms with Gasteiger partial charge < -0.3 is 25.0 Å². The molecule has 6 nitrogen and oxygen atoms in total. The smallest absolute Gasteiger partial charge is 0.387 e. The molecule has 0 aromatic heterocycles. The van der Waals surface area contributed by atoms with Crippen LogP contribution in [0.1, 0.15) is 24.5 Å². The molecule has 31 heavy (non-hydrogen) atoms. The summed E-state index contributed by atoms with van der Waals surface area (Å²) in [6, 6.07) is 15.3. The number of nitrogens with zero attached hydrogens (tertiary/aromatic N) is 2. The summed E-state index contributed by atoms with van der Waals surface area (Å²) in [4.78, 5) is 6.76. The summed E-state index contributed by atoms with van der Waals surface area (Å²) in [5.74, 6) is 0.947. The van der Waals surface area contributed by atoms with Gasteiger partial charge in [-0.05, 0) is 36.6 Å². The van der Waals surface area contributed by atoms with Crippen LogP contribution in [0.3, 0.4) is 0 Å². The first-order valence-electron chi connectivity index (χ1n) is 10.5. The number of anilines is 1. The lowest BCUT2D eigenvalue weighted by molar-refractivity contribution is -0.0495. The van der Waals surface area contributed by atoms with Crippen LogP contribution in [-0.2, 0) is 17.9 Å². The SMILES string of the molecule is CCNC(=NCc1ccc(COC)cc1)NC1CCN(c2ccccc2OC(F)F)C1. The highest BCUT2D eigenvalue weighted by Gasteiger charge is 2.26. The number of methoxy groups -OCH3 is 1. The molecule has 168 valence electrons. The van der Waals surface area contributed by atoms with Gasteiger partial charge in [-0.1, -0.05) is 36.4 Å². The van der Waals surface area contributed by atoms with E-state index in [-0.39, 0.29) is 11.8 Å². The number of benzene rings is 2. The number of hydrogen-bond donors (Lipinski definition) is 2. The first-order chi connectivity index (χ1) is 15.1. The van der Waals surface area contributed by atoms with Gasteiger partial charge in [0.15, 0.2) is 5.96 Å². The number of alkyl halides is 2. The normalized spacial score (nSPS) is 16.6. The Balaban J connectivity index is 1.60. The first-order valence-corrected chi connectivity index (χ1v) is 10.5. The first kappa shape index (κ1) is 22.8. The van der Waals surface area contributed by atoms with Crippen LogP contribution < -0.4 is 20.3 Å². The number of halogens is 2. The Hall–Kier alpha value is -2.87. The van der Waals surface area contributed by atoms with Gasteiger partial charge in [0.05, 0.1) is 18.8 Å². The largest absolute Gasteiger partial charge is 0.433 e. The zero-order valence-electron chi connectivity index (χ0n) is 18.0. The van der Waals surface area contributed by atoms with E-state index in [9.17, 15) is 8.78 Å². The Morgan fingerprint density at radius 3 is 2.61 bits per heavy atom. The van der Waals surface area contributed by atoms with Crippen LogP contribution >= 0.6 is 0 Å². The maximum absolute atomic E-state index is 12.7. The van der Waals surface area contributed by atoms with Crippen LogP contribution in [0, 0.1) is 0 Å². The fraction of sp³-hybridized carbons (Fsp3) is 0.435. The molecular formula is C23H30F2N4O2. The highest BCUT2D eigenvalue weighted by Crippen LogP contribution is 2.31. The molecule has 2 aromatic carbocycles. The average molecular weight is 433 g/mol.